The summed E-state index contributed by atoms with van der Waals surface area (Å²) in [4.78, 5) is 4.30. The van der Waals surface area contributed by atoms with Gasteiger partial charge in [0.25, 0.3) is 0 Å². The van der Waals surface area contributed by atoms with Crippen molar-refractivity contribution in [2.75, 3.05) is 19.0 Å². The van der Waals surface area contributed by atoms with Gasteiger partial charge in [-0.2, -0.15) is 0 Å². The summed E-state index contributed by atoms with van der Waals surface area (Å²) in [5.41, 5.74) is -0.161. The predicted octanol–water partition coefficient (Wildman–Crippen LogP) is 2.51. The largest absolute Gasteiger partial charge is 0.376 e. The molecule has 3 heteroatoms. The second-order valence-electron chi connectivity index (χ2n) is 3.52. The highest BCUT2D eigenvalue weighted by atomic mass is 79.9. The Hall–Kier alpha value is 0.110. The van der Waals surface area contributed by atoms with Gasteiger partial charge in [-0.3, -0.25) is 4.99 Å². The minimum absolute atomic E-state index is 0.161. The van der Waals surface area contributed by atoms with Crippen LogP contribution in [0.4, 0.5) is 0 Å². The van der Waals surface area contributed by atoms with E-state index in [1.807, 2.05) is 13.1 Å². The lowest BCUT2D eigenvalue weighted by Gasteiger charge is -2.23. The molecule has 0 aliphatic heterocycles. The summed E-state index contributed by atoms with van der Waals surface area (Å²) in [5, 5.41) is 0.811. The lowest BCUT2D eigenvalue weighted by molar-refractivity contribution is 0.0366. The Morgan fingerprint density at radius 1 is 1.58 bits per heavy atom. The molecule has 12 heavy (non-hydrogen) atoms. The van der Waals surface area contributed by atoms with E-state index >= 15 is 0 Å². The Morgan fingerprint density at radius 3 is 2.50 bits per heavy atom. The summed E-state index contributed by atoms with van der Waals surface area (Å²) in [7, 11) is 1.71. The molecule has 0 fully saturated rings. The van der Waals surface area contributed by atoms with E-state index in [1.165, 1.54) is 0 Å². The van der Waals surface area contributed by atoms with Gasteiger partial charge >= 0.3 is 0 Å². The number of methoxy groups -OCH3 is 1. The molecule has 0 aromatic carbocycles. The number of nitrogens with zero attached hydrogens (tertiary/aromatic N) is 1. The summed E-state index contributed by atoms with van der Waals surface area (Å²) in [6.07, 6.45) is 1.96. The first-order chi connectivity index (χ1) is 5.54. The number of halogens is 1. The number of rotatable bonds is 5. The van der Waals surface area contributed by atoms with E-state index in [9.17, 15) is 0 Å². The average Bonchev–Trinajstić information content (AvgIpc) is 2.03. The quantitative estimate of drug-likeness (QED) is 0.531. The molecule has 2 nitrogen and oxygen atoms in total. The van der Waals surface area contributed by atoms with E-state index in [2.05, 4.69) is 34.8 Å². The van der Waals surface area contributed by atoms with Crippen molar-refractivity contribution in [3.63, 3.8) is 0 Å². The lowest BCUT2D eigenvalue weighted by Crippen LogP contribution is -2.32. The molecule has 0 spiro atoms. The van der Waals surface area contributed by atoms with Gasteiger partial charge in [-0.25, -0.2) is 0 Å². The van der Waals surface area contributed by atoms with E-state index < -0.39 is 0 Å². The first-order valence-corrected chi connectivity index (χ1v) is 5.27. The molecule has 0 aliphatic carbocycles. The molecule has 0 aromatic heterocycles. The van der Waals surface area contributed by atoms with E-state index in [0.29, 0.717) is 12.5 Å². The van der Waals surface area contributed by atoms with Gasteiger partial charge in [0.2, 0.25) is 0 Å². The highest BCUT2D eigenvalue weighted by Crippen LogP contribution is 2.12. The molecule has 0 saturated carbocycles. The standard InChI is InChI=1S/C9H18BrNO/c1-8(2)5-11-7-9(3,6-10)12-4/h5,8H,6-7H2,1-4H3. The van der Waals surface area contributed by atoms with Crippen molar-refractivity contribution in [1.82, 2.24) is 0 Å². The van der Waals surface area contributed by atoms with Gasteiger partial charge in [-0.05, 0) is 12.8 Å². The number of alkyl halides is 1. The fourth-order valence-corrected chi connectivity index (χ4v) is 1.02. The van der Waals surface area contributed by atoms with Crippen LogP contribution in [-0.2, 0) is 4.74 Å². The van der Waals surface area contributed by atoms with Gasteiger partial charge in [0, 0.05) is 18.7 Å². The molecule has 0 heterocycles. The lowest BCUT2D eigenvalue weighted by atomic mass is 10.1. The first kappa shape index (κ1) is 12.1. The normalized spacial score (nSPS) is 17.2. The third-order valence-corrected chi connectivity index (χ3v) is 2.79. The van der Waals surface area contributed by atoms with Crippen LogP contribution in [0, 0.1) is 5.92 Å². The molecule has 72 valence electrons. The molecule has 0 radical (unpaired) electrons. The van der Waals surface area contributed by atoms with Gasteiger partial charge in [-0.1, -0.05) is 29.8 Å². The minimum Gasteiger partial charge on any atom is -0.376 e. The fraction of sp³-hybridized carbons (Fsp3) is 0.889. The zero-order valence-corrected chi connectivity index (χ0v) is 9.89. The topological polar surface area (TPSA) is 21.6 Å². The van der Waals surface area contributed by atoms with Crippen molar-refractivity contribution in [1.29, 1.82) is 0 Å². The molecular weight excluding hydrogens is 218 g/mol. The maximum Gasteiger partial charge on any atom is 0.0940 e. The smallest absolute Gasteiger partial charge is 0.0940 e. The Morgan fingerprint density at radius 2 is 2.17 bits per heavy atom. The molecule has 0 rings (SSSR count). The van der Waals surface area contributed by atoms with Crippen molar-refractivity contribution in [3.05, 3.63) is 0 Å². The molecular formula is C9H18BrNO. The molecule has 0 aliphatic rings. The van der Waals surface area contributed by atoms with E-state index in [-0.39, 0.29) is 5.60 Å². The van der Waals surface area contributed by atoms with Gasteiger partial charge in [0.15, 0.2) is 0 Å². The van der Waals surface area contributed by atoms with Crippen molar-refractivity contribution < 1.29 is 4.74 Å². The van der Waals surface area contributed by atoms with E-state index in [1.54, 1.807) is 7.11 Å². The maximum atomic E-state index is 5.31. The average molecular weight is 236 g/mol. The van der Waals surface area contributed by atoms with Crippen LogP contribution in [-0.4, -0.2) is 30.8 Å². The summed E-state index contributed by atoms with van der Waals surface area (Å²) in [6, 6.07) is 0. The van der Waals surface area contributed by atoms with E-state index in [4.69, 9.17) is 4.74 Å². The van der Waals surface area contributed by atoms with Gasteiger partial charge in [0.05, 0.1) is 12.1 Å². The zero-order valence-electron chi connectivity index (χ0n) is 8.30. The zero-order chi connectivity index (χ0) is 9.61. The second kappa shape index (κ2) is 5.70. The van der Waals surface area contributed by atoms with Crippen LogP contribution < -0.4 is 0 Å². The minimum atomic E-state index is -0.161. The van der Waals surface area contributed by atoms with Crippen LogP contribution in [0.1, 0.15) is 20.8 Å². The fourth-order valence-electron chi connectivity index (χ4n) is 0.618. The number of aliphatic imine (C=N–C) groups is 1. The maximum absolute atomic E-state index is 5.31. The van der Waals surface area contributed by atoms with Crippen molar-refractivity contribution in [2.45, 2.75) is 26.4 Å². The van der Waals surface area contributed by atoms with Crippen LogP contribution in [0.2, 0.25) is 0 Å². The first-order valence-electron chi connectivity index (χ1n) is 4.15. The number of hydrogen-bond acceptors (Lipinski definition) is 2. The third-order valence-electron chi connectivity index (χ3n) is 1.60. The molecule has 0 bridgehead atoms. The van der Waals surface area contributed by atoms with Crippen molar-refractivity contribution >= 4 is 22.1 Å². The molecule has 0 N–H and O–H groups in total. The Balaban J connectivity index is 3.88. The molecule has 1 atom stereocenters. The monoisotopic (exact) mass is 235 g/mol. The second-order valence-corrected chi connectivity index (χ2v) is 4.08. The van der Waals surface area contributed by atoms with Crippen LogP contribution in [0.5, 0.6) is 0 Å². The van der Waals surface area contributed by atoms with Crippen molar-refractivity contribution in [2.24, 2.45) is 10.9 Å². The van der Waals surface area contributed by atoms with Gasteiger partial charge in [0.1, 0.15) is 0 Å². The Labute approximate surface area is 83.5 Å². The Bertz CT molecular complexity index is 141. The molecule has 0 saturated heterocycles. The number of hydrogen-bond donors (Lipinski definition) is 0. The SMILES string of the molecule is COC(C)(CBr)CN=CC(C)C. The molecule has 0 amide bonds. The Kier molecular flexibility index (Phi) is 5.76. The van der Waals surface area contributed by atoms with Crippen molar-refractivity contribution in [3.8, 4) is 0 Å². The highest BCUT2D eigenvalue weighted by Gasteiger charge is 2.20. The van der Waals surface area contributed by atoms with Crippen LogP contribution in [0.25, 0.3) is 0 Å². The predicted molar refractivity (Wildman–Crippen MR) is 57.4 cm³/mol. The summed E-state index contributed by atoms with van der Waals surface area (Å²) < 4.78 is 5.31. The van der Waals surface area contributed by atoms with Gasteiger partial charge in [-0.15, -0.1) is 0 Å². The summed E-state index contributed by atoms with van der Waals surface area (Å²) in [6.45, 7) is 6.98. The summed E-state index contributed by atoms with van der Waals surface area (Å²) in [5.74, 6) is 0.515. The molecule has 1 unspecified atom stereocenters. The number of ether oxygens (including phenoxy) is 1. The van der Waals surface area contributed by atoms with Crippen LogP contribution in [0.3, 0.4) is 0 Å². The third kappa shape index (κ3) is 4.88. The summed E-state index contributed by atoms with van der Waals surface area (Å²) >= 11 is 3.40. The van der Waals surface area contributed by atoms with Crippen LogP contribution >= 0.6 is 15.9 Å². The molecule has 0 aromatic rings. The van der Waals surface area contributed by atoms with Crippen LogP contribution in [0.15, 0.2) is 4.99 Å². The highest BCUT2D eigenvalue weighted by molar-refractivity contribution is 9.09. The van der Waals surface area contributed by atoms with E-state index in [0.717, 1.165) is 5.33 Å². The van der Waals surface area contributed by atoms with Gasteiger partial charge < -0.3 is 4.74 Å².